The second-order valence-corrected chi connectivity index (χ2v) is 7.62. The van der Waals surface area contributed by atoms with Crippen molar-refractivity contribution in [1.29, 1.82) is 0 Å². The summed E-state index contributed by atoms with van der Waals surface area (Å²) in [7, 11) is 0. The van der Waals surface area contributed by atoms with Crippen molar-refractivity contribution >= 4 is 51.4 Å². The van der Waals surface area contributed by atoms with E-state index >= 15 is 0 Å². The number of halogens is 1. The van der Waals surface area contributed by atoms with E-state index in [4.69, 9.17) is 0 Å². The molecule has 0 bridgehead atoms. The van der Waals surface area contributed by atoms with Gasteiger partial charge in [0.1, 0.15) is 0 Å². The molecule has 0 radical (unpaired) electrons. The highest BCUT2D eigenvalue weighted by Crippen LogP contribution is 2.23. The molecule has 0 unspecified atom stereocenters. The number of amides is 2. The van der Waals surface area contributed by atoms with Crippen LogP contribution in [-0.2, 0) is 4.79 Å². The maximum absolute atomic E-state index is 12.4. The van der Waals surface area contributed by atoms with Crippen molar-refractivity contribution in [2.75, 3.05) is 18.4 Å². The van der Waals surface area contributed by atoms with Crippen LogP contribution in [0.25, 0.3) is 0 Å². The first-order valence-electron chi connectivity index (χ1n) is 7.53. The molecule has 1 saturated heterocycles. The summed E-state index contributed by atoms with van der Waals surface area (Å²) in [5, 5.41) is 4.92. The zero-order chi connectivity index (χ0) is 16.2. The number of benzene rings is 1. The van der Waals surface area contributed by atoms with Crippen molar-refractivity contribution in [3.05, 3.63) is 50.2 Å². The van der Waals surface area contributed by atoms with Crippen LogP contribution < -0.4 is 5.32 Å². The van der Waals surface area contributed by atoms with Crippen molar-refractivity contribution in [1.82, 2.24) is 4.90 Å². The number of anilines is 1. The summed E-state index contributed by atoms with van der Waals surface area (Å²) < 4.78 is 1.03. The van der Waals surface area contributed by atoms with Gasteiger partial charge in [-0.3, -0.25) is 9.59 Å². The Balaban J connectivity index is 1.55. The Morgan fingerprint density at radius 3 is 2.52 bits per heavy atom. The van der Waals surface area contributed by atoms with Crippen LogP contribution in [0.5, 0.6) is 0 Å². The summed E-state index contributed by atoms with van der Waals surface area (Å²) in [6.45, 7) is 1.28. The summed E-state index contributed by atoms with van der Waals surface area (Å²) in [5.74, 6) is 0.104. The number of piperidine rings is 1. The van der Waals surface area contributed by atoms with Crippen LogP contribution in [0.4, 0.5) is 5.69 Å². The van der Waals surface area contributed by atoms with Crippen LogP contribution in [0.15, 0.2) is 41.8 Å². The third kappa shape index (κ3) is 3.92. The molecule has 0 atom stereocenters. The maximum atomic E-state index is 12.4. The van der Waals surface area contributed by atoms with Gasteiger partial charge in [0.25, 0.3) is 5.91 Å². The van der Waals surface area contributed by atoms with Crippen molar-refractivity contribution < 1.29 is 9.59 Å². The van der Waals surface area contributed by atoms with Crippen LogP contribution in [-0.4, -0.2) is 29.8 Å². The van der Waals surface area contributed by atoms with Gasteiger partial charge in [-0.25, -0.2) is 0 Å². The SMILES string of the molecule is O=C(Nc1ccccc1I)C1CCN(C(=O)c2cccs2)CC1. The molecule has 3 rings (SSSR count). The van der Waals surface area contributed by atoms with E-state index in [9.17, 15) is 9.59 Å². The molecule has 120 valence electrons. The van der Waals surface area contributed by atoms with E-state index < -0.39 is 0 Å². The minimum absolute atomic E-state index is 0.0293. The van der Waals surface area contributed by atoms with Crippen LogP contribution >= 0.6 is 33.9 Å². The monoisotopic (exact) mass is 440 g/mol. The molecule has 2 heterocycles. The Morgan fingerprint density at radius 1 is 1.13 bits per heavy atom. The van der Waals surface area contributed by atoms with E-state index in [0.717, 1.165) is 14.1 Å². The molecule has 23 heavy (non-hydrogen) atoms. The number of carbonyl (C=O) groups excluding carboxylic acids is 2. The minimum atomic E-state index is -0.0293. The van der Waals surface area contributed by atoms with Crippen LogP contribution in [0.3, 0.4) is 0 Å². The molecular formula is C17H17IN2O2S. The molecular weight excluding hydrogens is 423 g/mol. The normalized spacial score (nSPS) is 15.4. The van der Waals surface area contributed by atoms with Gasteiger partial charge in [0, 0.05) is 22.6 Å². The second-order valence-electron chi connectivity index (χ2n) is 5.51. The average molecular weight is 440 g/mol. The van der Waals surface area contributed by atoms with Crippen molar-refractivity contribution in [2.24, 2.45) is 5.92 Å². The van der Waals surface area contributed by atoms with Gasteiger partial charge in [0.2, 0.25) is 5.91 Å². The highest BCUT2D eigenvalue weighted by Gasteiger charge is 2.28. The third-order valence-corrected chi connectivity index (χ3v) is 5.82. The van der Waals surface area contributed by atoms with E-state index in [1.807, 2.05) is 46.7 Å². The third-order valence-electron chi connectivity index (χ3n) is 4.02. The molecule has 2 aromatic rings. The fourth-order valence-electron chi connectivity index (χ4n) is 2.70. The molecule has 0 aliphatic carbocycles. The fourth-order valence-corrected chi connectivity index (χ4v) is 3.91. The highest BCUT2D eigenvalue weighted by atomic mass is 127. The molecule has 1 aliphatic heterocycles. The molecule has 0 spiro atoms. The highest BCUT2D eigenvalue weighted by molar-refractivity contribution is 14.1. The molecule has 1 aromatic carbocycles. The predicted octanol–water partition coefficient (Wildman–Crippen LogP) is 3.84. The largest absolute Gasteiger partial charge is 0.338 e. The molecule has 1 fully saturated rings. The zero-order valence-electron chi connectivity index (χ0n) is 12.5. The summed E-state index contributed by atoms with van der Waals surface area (Å²) in [4.78, 5) is 27.3. The molecule has 1 aromatic heterocycles. The molecule has 1 N–H and O–H groups in total. The van der Waals surface area contributed by atoms with E-state index in [1.54, 1.807) is 0 Å². The lowest BCUT2D eigenvalue weighted by molar-refractivity contribution is -0.121. The van der Waals surface area contributed by atoms with E-state index in [2.05, 4.69) is 27.9 Å². The van der Waals surface area contributed by atoms with Gasteiger partial charge in [-0.1, -0.05) is 18.2 Å². The summed E-state index contributed by atoms with van der Waals surface area (Å²) in [5.41, 5.74) is 0.857. The lowest BCUT2D eigenvalue weighted by atomic mass is 9.95. The Bertz CT molecular complexity index is 694. The first-order chi connectivity index (χ1) is 11.1. The number of nitrogens with one attached hydrogen (secondary N) is 1. The predicted molar refractivity (Wildman–Crippen MR) is 101 cm³/mol. The van der Waals surface area contributed by atoms with Gasteiger partial charge in [-0.2, -0.15) is 0 Å². The summed E-state index contributed by atoms with van der Waals surface area (Å²) in [6, 6.07) is 11.5. The summed E-state index contributed by atoms with van der Waals surface area (Å²) in [6.07, 6.45) is 1.43. The summed E-state index contributed by atoms with van der Waals surface area (Å²) >= 11 is 3.68. The van der Waals surface area contributed by atoms with Crippen LogP contribution in [0.2, 0.25) is 0 Å². The Morgan fingerprint density at radius 2 is 1.87 bits per heavy atom. The second kappa shape index (κ2) is 7.44. The van der Waals surface area contributed by atoms with Crippen molar-refractivity contribution in [2.45, 2.75) is 12.8 Å². The molecule has 1 aliphatic rings. The van der Waals surface area contributed by atoms with E-state index in [0.29, 0.717) is 25.9 Å². The number of rotatable bonds is 3. The Hall–Kier alpha value is -1.41. The van der Waals surface area contributed by atoms with Gasteiger partial charge in [-0.15, -0.1) is 11.3 Å². The topological polar surface area (TPSA) is 49.4 Å². The number of hydrogen-bond donors (Lipinski definition) is 1. The molecule has 0 saturated carbocycles. The Kier molecular flexibility index (Phi) is 5.32. The molecule has 6 heteroatoms. The van der Waals surface area contributed by atoms with Gasteiger partial charge < -0.3 is 10.2 Å². The minimum Gasteiger partial charge on any atom is -0.338 e. The smallest absolute Gasteiger partial charge is 0.263 e. The maximum Gasteiger partial charge on any atom is 0.263 e. The number of hydrogen-bond acceptors (Lipinski definition) is 3. The van der Waals surface area contributed by atoms with Gasteiger partial charge in [0.05, 0.1) is 10.6 Å². The van der Waals surface area contributed by atoms with E-state index in [-0.39, 0.29) is 17.7 Å². The Labute approximate surface area is 153 Å². The zero-order valence-corrected chi connectivity index (χ0v) is 15.5. The standard InChI is InChI=1S/C17H17IN2O2S/c18-13-4-1-2-5-14(13)19-16(21)12-7-9-20(10-8-12)17(22)15-6-3-11-23-15/h1-6,11-12H,7-10H2,(H,19,21). The van der Waals surface area contributed by atoms with Crippen LogP contribution in [0.1, 0.15) is 22.5 Å². The quantitative estimate of drug-likeness (QED) is 0.738. The number of thiophene rings is 1. The van der Waals surface area contributed by atoms with Crippen LogP contribution in [0, 0.1) is 9.49 Å². The fraction of sp³-hybridized carbons (Fsp3) is 0.294. The lowest BCUT2D eigenvalue weighted by Gasteiger charge is -2.31. The van der Waals surface area contributed by atoms with Crippen molar-refractivity contribution in [3.8, 4) is 0 Å². The average Bonchev–Trinajstić information content (AvgIpc) is 3.11. The molecule has 4 nitrogen and oxygen atoms in total. The molecule has 2 amide bonds. The van der Waals surface area contributed by atoms with Gasteiger partial charge in [0.15, 0.2) is 0 Å². The lowest BCUT2D eigenvalue weighted by Crippen LogP contribution is -2.41. The number of carbonyl (C=O) groups is 2. The number of likely N-dealkylation sites (tertiary alicyclic amines) is 1. The van der Waals surface area contributed by atoms with Gasteiger partial charge >= 0.3 is 0 Å². The first-order valence-corrected chi connectivity index (χ1v) is 9.49. The number of nitrogens with zero attached hydrogens (tertiary/aromatic N) is 1. The number of para-hydroxylation sites is 1. The van der Waals surface area contributed by atoms with E-state index in [1.165, 1.54) is 11.3 Å². The van der Waals surface area contributed by atoms with Crippen molar-refractivity contribution in [3.63, 3.8) is 0 Å². The first kappa shape index (κ1) is 16.4. The van der Waals surface area contributed by atoms with Gasteiger partial charge in [-0.05, 0) is 59.0 Å².